The number of hydrogen-bond donors (Lipinski definition) is 2. The van der Waals surface area contributed by atoms with Crippen LogP contribution in [0.3, 0.4) is 0 Å². The van der Waals surface area contributed by atoms with E-state index < -0.39 is 0 Å². The Morgan fingerprint density at radius 1 is 1.33 bits per heavy atom. The van der Waals surface area contributed by atoms with Gasteiger partial charge in [0.1, 0.15) is 0 Å². The Labute approximate surface area is 114 Å². The Hall–Kier alpha value is -1.16. The van der Waals surface area contributed by atoms with Gasteiger partial charge in [0, 0.05) is 16.6 Å². The fourth-order valence-electron chi connectivity index (χ4n) is 1.39. The molecule has 0 spiro atoms. The molecule has 100 valence electrons. The van der Waals surface area contributed by atoms with E-state index in [9.17, 15) is 4.79 Å². The van der Waals surface area contributed by atoms with Crippen molar-refractivity contribution in [3.8, 4) is 0 Å². The third-order valence-corrected chi connectivity index (χ3v) is 3.64. The molecule has 1 aromatic carbocycles. The number of amides is 1. The first-order valence-corrected chi connectivity index (χ1v) is 7.42. The molecule has 4 heteroatoms. The summed E-state index contributed by atoms with van der Waals surface area (Å²) in [4.78, 5) is 12.9. The molecule has 0 bridgehead atoms. The van der Waals surface area contributed by atoms with Gasteiger partial charge in [0.2, 0.25) is 5.91 Å². The fraction of sp³-hybridized carbons (Fsp3) is 0.500. The number of carbonyl (C=O) groups excluding carboxylic acids is 1. The lowest BCUT2D eigenvalue weighted by Crippen LogP contribution is -2.39. The lowest BCUT2D eigenvalue weighted by Gasteiger charge is -2.17. The van der Waals surface area contributed by atoms with E-state index in [-0.39, 0.29) is 11.9 Å². The van der Waals surface area contributed by atoms with Crippen molar-refractivity contribution in [3.05, 3.63) is 24.3 Å². The van der Waals surface area contributed by atoms with Gasteiger partial charge in [-0.3, -0.25) is 4.79 Å². The molecule has 1 atom stereocenters. The van der Waals surface area contributed by atoms with Crippen molar-refractivity contribution in [1.82, 2.24) is 5.32 Å². The van der Waals surface area contributed by atoms with Gasteiger partial charge < -0.3 is 10.6 Å². The van der Waals surface area contributed by atoms with Gasteiger partial charge in [-0.05, 0) is 37.3 Å². The monoisotopic (exact) mass is 266 g/mol. The molecule has 0 saturated heterocycles. The molecule has 1 aromatic rings. The summed E-state index contributed by atoms with van der Waals surface area (Å²) in [6.07, 6.45) is 2.04. The van der Waals surface area contributed by atoms with Gasteiger partial charge in [0.15, 0.2) is 0 Å². The highest BCUT2D eigenvalue weighted by atomic mass is 32.2. The summed E-state index contributed by atoms with van der Waals surface area (Å²) >= 11 is 1.69. The average Bonchev–Trinajstić information content (AvgIpc) is 2.36. The standard InChI is InChI=1S/C14H22N2OS/c1-10(2)11(3)16-14(17)9-15-12-6-5-7-13(8-12)18-4/h5-8,10-11,15H,9H2,1-4H3,(H,16,17). The summed E-state index contributed by atoms with van der Waals surface area (Å²) in [6.45, 7) is 6.53. The predicted molar refractivity (Wildman–Crippen MR) is 79.2 cm³/mol. The molecule has 2 N–H and O–H groups in total. The molecular formula is C14H22N2OS. The first-order valence-electron chi connectivity index (χ1n) is 6.20. The van der Waals surface area contributed by atoms with Crippen molar-refractivity contribution in [2.75, 3.05) is 18.1 Å². The third-order valence-electron chi connectivity index (χ3n) is 2.91. The van der Waals surface area contributed by atoms with Crippen LogP contribution in [0, 0.1) is 5.92 Å². The first kappa shape index (κ1) is 14.9. The van der Waals surface area contributed by atoms with Crippen molar-refractivity contribution < 1.29 is 4.79 Å². The van der Waals surface area contributed by atoms with Crippen LogP contribution >= 0.6 is 11.8 Å². The summed E-state index contributed by atoms with van der Waals surface area (Å²) in [5.74, 6) is 0.486. The third kappa shape index (κ3) is 5.00. The Morgan fingerprint density at radius 3 is 2.67 bits per heavy atom. The second-order valence-electron chi connectivity index (χ2n) is 4.69. The van der Waals surface area contributed by atoms with Gasteiger partial charge in [0.25, 0.3) is 0 Å². The molecular weight excluding hydrogens is 244 g/mol. The summed E-state index contributed by atoms with van der Waals surface area (Å²) in [6, 6.07) is 8.26. The molecule has 0 aliphatic carbocycles. The normalized spacial score (nSPS) is 12.3. The van der Waals surface area contributed by atoms with Gasteiger partial charge >= 0.3 is 0 Å². The quantitative estimate of drug-likeness (QED) is 0.778. The summed E-state index contributed by atoms with van der Waals surface area (Å²) < 4.78 is 0. The van der Waals surface area contributed by atoms with Crippen molar-refractivity contribution in [3.63, 3.8) is 0 Å². The van der Waals surface area contributed by atoms with Crippen LogP contribution in [0.15, 0.2) is 29.2 Å². The highest BCUT2D eigenvalue weighted by Gasteiger charge is 2.10. The number of carbonyl (C=O) groups is 1. The average molecular weight is 266 g/mol. The van der Waals surface area contributed by atoms with E-state index in [1.807, 2.05) is 31.4 Å². The van der Waals surface area contributed by atoms with E-state index in [1.165, 1.54) is 4.90 Å². The zero-order valence-corrected chi connectivity index (χ0v) is 12.3. The molecule has 0 aliphatic heterocycles. The van der Waals surface area contributed by atoms with Crippen LogP contribution in [-0.2, 0) is 4.79 Å². The van der Waals surface area contributed by atoms with Gasteiger partial charge in [-0.2, -0.15) is 0 Å². The molecule has 0 heterocycles. The van der Waals surface area contributed by atoms with Crippen molar-refractivity contribution in [2.24, 2.45) is 5.92 Å². The molecule has 0 radical (unpaired) electrons. The van der Waals surface area contributed by atoms with Crippen molar-refractivity contribution >= 4 is 23.4 Å². The van der Waals surface area contributed by atoms with E-state index in [4.69, 9.17) is 0 Å². The fourth-order valence-corrected chi connectivity index (χ4v) is 1.85. The van der Waals surface area contributed by atoms with Crippen molar-refractivity contribution in [1.29, 1.82) is 0 Å². The Kier molecular flexibility index (Phi) is 6.05. The molecule has 1 unspecified atom stereocenters. The number of nitrogens with one attached hydrogen (secondary N) is 2. The van der Waals surface area contributed by atoms with Gasteiger partial charge in [-0.25, -0.2) is 0 Å². The smallest absolute Gasteiger partial charge is 0.239 e. The molecule has 0 fully saturated rings. The van der Waals surface area contributed by atoms with E-state index in [1.54, 1.807) is 11.8 Å². The first-order chi connectivity index (χ1) is 8.52. The molecule has 1 rings (SSSR count). The number of anilines is 1. The van der Waals surface area contributed by atoms with E-state index in [0.717, 1.165) is 5.69 Å². The number of hydrogen-bond acceptors (Lipinski definition) is 3. The lowest BCUT2D eigenvalue weighted by molar-refractivity contribution is -0.120. The van der Waals surface area contributed by atoms with Gasteiger partial charge in [-0.1, -0.05) is 19.9 Å². The number of rotatable bonds is 6. The molecule has 0 aliphatic rings. The Bertz CT molecular complexity index is 393. The van der Waals surface area contributed by atoms with Crippen LogP contribution in [0.25, 0.3) is 0 Å². The maximum absolute atomic E-state index is 11.7. The zero-order valence-electron chi connectivity index (χ0n) is 11.5. The zero-order chi connectivity index (χ0) is 13.5. The summed E-state index contributed by atoms with van der Waals surface area (Å²) in [5.41, 5.74) is 0.981. The van der Waals surface area contributed by atoms with Crippen LogP contribution < -0.4 is 10.6 Å². The summed E-state index contributed by atoms with van der Waals surface area (Å²) in [5, 5.41) is 6.11. The highest BCUT2D eigenvalue weighted by Crippen LogP contribution is 2.18. The van der Waals surface area contributed by atoms with Crippen LogP contribution in [0.4, 0.5) is 5.69 Å². The molecule has 18 heavy (non-hydrogen) atoms. The van der Waals surface area contributed by atoms with E-state index in [2.05, 4.69) is 30.5 Å². The lowest BCUT2D eigenvalue weighted by atomic mass is 10.1. The molecule has 0 aromatic heterocycles. The van der Waals surface area contributed by atoms with Gasteiger partial charge in [0.05, 0.1) is 6.54 Å². The van der Waals surface area contributed by atoms with Crippen LogP contribution in [0.1, 0.15) is 20.8 Å². The number of thioether (sulfide) groups is 1. The van der Waals surface area contributed by atoms with Crippen LogP contribution in [0.5, 0.6) is 0 Å². The van der Waals surface area contributed by atoms with Crippen LogP contribution in [-0.4, -0.2) is 24.7 Å². The van der Waals surface area contributed by atoms with Gasteiger partial charge in [-0.15, -0.1) is 11.8 Å². The maximum atomic E-state index is 11.7. The minimum absolute atomic E-state index is 0.0331. The van der Waals surface area contributed by atoms with E-state index in [0.29, 0.717) is 12.5 Å². The highest BCUT2D eigenvalue weighted by molar-refractivity contribution is 7.98. The Balaban J connectivity index is 2.42. The van der Waals surface area contributed by atoms with E-state index >= 15 is 0 Å². The minimum atomic E-state index is 0.0331. The van der Waals surface area contributed by atoms with Crippen molar-refractivity contribution in [2.45, 2.75) is 31.7 Å². The topological polar surface area (TPSA) is 41.1 Å². The van der Waals surface area contributed by atoms with Crippen LogP contribution in [0.2, 0.25) is 0 Å². The Morgan fingerprint density at radius 2 is 2.06 bits per heavy atom. The molecule has 1 amide bonds. The minimum Gasteiger partial charge on any atom is -0.376 e. The summed E-state index contributed by atoms with van der Waals surface area (Å²) in [7, 11) is 0. The predicted octanol–water partition coefficient (Wildman–Crippen LogP) is 2.98. The second-order valence-corrected chi connectivity index (χ2v) is 5.57. The molecule has 3 nitrogen and oxygen atoms in total. The maximum Gasteiger partial charge on any atom is 0.239 e. The SMILES string of the molecule is CSc1cccc(NCC(=O)NC(C)C(C)C)c1. The largest absolute Gasteiger partial charge is 0.376 e. The molecule has 0 saturated carbocycles. The number of benzene rings is 1. The second kappa shape index (κ2) is 7.31.